The number of imidazole rings is 1. The molecule has 1 aromatic carbocycles. The van der Waals surface area contributed by atoms with Crippen LogP contribution < -0.4 is 15.6 Å². The van der Waals surface area contributed by atoms with Gasteiger partial charge in [-0.1, -0.05) is 18.2 Å². The first-order chi connectivity index (χ1) is 16.6. The SMILES string of the molecule is Cn1c(=O)c2c(OCc3ccncc3)c(C(=O)NCCCn3ccnc3)sc2c2ccccc21. The largest absolute Gasteiger partial charge is 0.486 e. The zero-order valence-corrected chi connectivity index (χ0v) is 19.4. The van der Waals surface area contributed by atoms with Gasteiger partial charge in [0.05, 0.1) is 16.5 Å². The fraction of sp³-hybridized carbons (Fsp3) is 0.200. The molecular weight excluding hydrogens is 450 g/mol. The first kappa shape index (κ1) is 21.8. The van der Waals surface area contributed by atoms with Crippen LogP contribution in [0.15, 0.2) is 72.3 Å². The first-order valence-corrected chi connectivity index (χ1v) is 11.7. The summed E-state index contributed by atoms with van der Waals surface area (Å²) in [6, 6.07) is 11.4. The fourth-order valence-electron chi connectivity index (χ4n) is 3.92. The highest BCUT2D eigenvalue weighted by Gasteiger charge is 2.24. The van der Waals surface area contributed by atoms with Crippen LogP contribution in [0.2, 0.25) is 0 Å². The van der Waals surface area contributed by atoms with Crippen molar-refractivity contribution in [2.45, 2.75) is 19.6 Å². The number of pyridine rings is 2. The van der Waals surface area contributed by atoms with E-state index in [0.717, 1.165) is 34.1 Å². The summed E-state index contributed by atoms with van der Waals surface area (Å²) in [6.07, 6.45) is 9.49. The van der Waals surface area contributed by atoms with Crippen molar-refractivity contribution in [1.29, 1.82) is 0 Å². The summed E-state index contributed by atoms with van der Waals surface area (Å²) in [7, 11) is 1.74. The summed E-state index contributed by atoms with van der Waals surface area (Å²) in [5, 5.41) is 4.33. The number of carbonyl (C=O) groups is 1. The molecule has 0 unspecified atom stereocenters. The Bertz CT molecular complexity index is 1510. The minimum absolute atomic E-state index is 0.186. The van der Waals surface area contributed by atoms with Gasteiger partial charge in [-0.25, -0.2) is 4.98 Å². The second kappa shape index (κ2) is 9.48. The number of hydrogen-bond donors (Lipinski definition) is 1. The van der Waals surface area contributed by atoms with E-state index in [1.807, 2.05) is 47.2 Å². The van der Waals surface area contributed by atoms with Crippen LogP contribution in [0, 0.1) is 0 Å². The number of para-hydroxylation sites is 1. The lowest BCUT2D eigenvalue weighted by Crippen LogP contribution is -2.25. The molecule has 0 atom stereocenters. The van der Waals surface area contributed by atoms with Gasteiger partial charge in [0.15, 0.2) is 5.75 Å². The normalized spacial score (nSPS) is 11.2. The third kappa shape index (κ3) is 4.17. The highest BCUT2D eigenvalue weighted by Crippen LogP contribution is 2.39. The van der Waals surface area contributed by atoms with Gasteiger partial charge in [0.2, 0.25) is 0 Å². The Morgan fingerprint density at radius 2 is 1.94 bits per heavy atom. The summed E-state index contributed by atoms with van der Waals surface area (Å²) in [5.41, 5.74) is 1.53. The maximum atomic E-state index is 13.3. The number of hydrogen-bond acceptors (Lipinski definition) is 6. The Labute approximate surface area is 199 Å². The monoisotopic (exact) mass is 473 g/mol. The number of fused-ring (bicyclic) bond motifs is 3. The van der Waals surface area contributed by atoms with Crippen LogP contribution in [0.1, 0.15) is 21.7 Å². The van der Waals surface area contributed by atoms with Gasteiger partial charge in [0.25, 0.3) is 11.5 Å². The maximum absolute atomic E-state index is 13.3. The summed E-state index contributed by atoms with van der Waals surface area (Å²) < 4.78 is 10.5. The van der Waals surface area contributed by atoms with Crippen molar-refractivity contribution in [2.75, 3.05) is 6.54 Å². The lowest BCUT2D eigenvalue weighted by molar-refractivity contribution is 0.0953. The molecule has 9 heteroatoms. The predicted octanol–water partition coefficient (Wildman–Crippen LogP) is 3.74. The quantitative estimate of drug-likeness (QED) is 0.347. The third-order valence-corrected chi connectivity index (χ3v) is 6.87. The molecule has 0 radical (unpaired) electrons. The Kier molecular flexibility index (Phi) is 6.09. The van der Waals surface area contributed by atoms with Gasteiger partial charge < -0.3 is 19.2 Å². The van der Waals surface area contributed by atoms with Gasteiger partial charge in [-0.05, 0) is 30.2 Å². The smallest absolute Gasteiger partial charge is 0.265 e. The fourth-order valence-corrected chi connectivity index (χ4v) is 5.11. The molecule has 0 spiro atoms. The van der Waals surface area contributed by atoms with Gasteiger partial charge >= 0.3 is 0 Å². The average molecular weight is 474 g/mol. The molecule has 0 saturated heterocycles. The Balaban J connectivity index is 1.51. The number of amides is 1. The zero-order chi connectivity index (χ0) is 23.5. The number of rotatable bonds is 8. The second-order valence-electron chi connectivity index (χ2n) is 7.90. The molecule has 0 bridgehead atoms. The molecule has 0 aliphatic heterocycles. The van der Waals surface area contributed by atoms with Crippen LogP contribution in [0.5, 0.6) is 5.75 Å². The van der Waals surface area contributed by atoms with Gasteiger partial charge in [-0.2, -0.15) is 0 Å². The summed E-state index contributed by atoms with van der Waals surface area (Å²) in [4.78, 5) is 35.0. The summed E-state index contributed by atoms with van der Waals surface area (Å²) in [5.74, 6) is 0.0815. The van der Waals surface area contributed by atoms with E-state index in [0.29, 0.717) is 22.6 Å². The second-order valence-corrected chi connectivity index (χ2v) is 8.92. The van der Waals surface area contributed by atoms with Crippen molar-refractivity contribution in [3.63, 3.8) is 0 Å². The molecule has 4 heterocycles. The van der Waals surface area contributed by atoms with Gasteiger partial charge in [0.1, 0.15) is 16.9 Å². The standard InChI is InChI=1S/C25H23N5O3S/c1-29-19-6-3-2-5-18(19)22-20(25(29)32)21(33-15-17-7-10-26-11-8-17)23(34-22)24(31)28-9-4-13-30-14-12-27-16-30/h2-3,5-8,10-12,14,16H,4,9,13,15H2,1H3,(H,28,31). The molecule has 8 nitrogen and oxygen atoms in total. The minimum Gasteiger partial charge on any atom is -0.486 e. The average Bonchev–Trinajstić information content (AvgIpc) is 3.53. The first-order valence-electron chi connectivity index (χ1n) is 10.9. The highest BCUT2D eigenvalue weighted by atomic mass is 32.1. The van der Waals surface area contributed by atoms with Crippen molar-refractivity contribution in [2.24, 2.45) is 7.05 Å². The number of nitrogens with one attached hydrogen (secondary N) is 1. The molecule has 1 N–H and O–H groups in total. The van der Waals surface area contributed by atoms with Crippen LogP contribution in [0.3, 0.4) is 0 Å². The number of carbonyl (C=O) groups excluding carboxylic acids is 1. The lowest BCUT2D eigenvalue weighted by Gasteiger charge is -2.10. The topological polar surface area (TPSA) is 91.0 Å². The molecule has 5 rings (SSSR count). The van der Waals surface area contributed by atoms with E-state index in [2.05, 4.69) is 15.3 Å². The number of ether oxygens (including phenoxy) is 1. The molecule has 172 valence electrons. The van der Waals surface area contributed by atoms with E-state index in [1.165, 1.54) is 11.3 Å². The molecule has 1 amide bonds. The van der Waals surface area contributed by atoms with Crippen molar-refractivity contribution < 1.29 is 9.53 Å². The molecular formula is C25H23N5O3S. The maximum Gasteiger partial charge on any atom is 0.265 e. The van der Waals surface area contributed by atoms with Crippen LogP contribution in [0.25, 0.3) is 21.0 Å². The van der Waals surface area contributed by atoms with Gasteiger partial charge in [-0.3, -0.25) is 14.6 Å². The Hall–Kier alpha value is -3.98. The Morgan fingerprint density at radius 1 is 1.12 bits per heavy atom. The van der Waals surface area contributed by atoms with E-state index >= 15 is 0 Å². The van der Waals surface area contributed by atoms with E-state index in [4.69, 9.17) is 4.74 Å². The zero-order valence-electron chi connectivity index (χ0n) is 18.6. The molecule has 0 aliphatic rings. The van der Waals surface area contributed by atoms with Crippen LogP contribution in [-0.2, 0) is 20.2 Å². The van der Waals surface area contributed by atoms with Crippen LogP contribution in [0.4, 0.5) is 0 Å². The number of thiophene rings is 1. The van der Waals surface area contributed by atoms with E-state index in [9.17, 15) is 9.59 Å². The Morgan fingerprint density at radius 3 is 2.74 bits per heavy atom. The molecule has 0 aliphatic carbocycles. The summed E-state index contributed by atoms with van der Waals surface area (Å²) in [6.45, 7) is 1.47. The van der Waals surface area contributed by atoms with E-state index in [1.54, 1.807) is 36.5 Å². The molecule has 34 heavy (non-hydrogen) atoms. The predicted molar refractivity (Wildman–Crippen MR) is 132 cm³/mol. The molecule has 0 fully saturated rings. The highest BCUT2D eigenvalue weighted by molar-refractivity contribution is 7.22. The molecule has 0 saturated carbocycles. The third-order valence-electron chi connectivity index (χ3n) is 5.67. The van der Waals surface area contributed by atoms with E-state index < -0.39 is 0 Å². The van der Waals surface area contributed by atoms with Gasteiger partial charge in [0, 0.05) is 50.3 Å². The minimum atomic E-state index is -0.248. The van der Waals surface area contributed by atoms with Gasteiger partial charge in [-0.15, -0.1) is 11.3 Å². The van der Waals surface area contributed by atoms with Crippen molar-refractivity contribution in [1.82, 2.24) is 24.4 Å². The number of nitrogens with zero attached hydrogens (tertiary/aromatic N) is 4. The molecule has 4 aromatic heterocycles. The number of aryl methyl sites for hydroxylation is 2. The lowest BCUT2D eigenvalue weighted by atomic mass is 10.1. The number of aromatic nitrogens is 4. The number of benzene rings is 1. The van der Waals surface area contributed by atoms with Crippen molar-refractivity contribution in [3.8, 4) is 5.75 Å². The molecule has 5 aromatic rings. The van der Waals surface area contributed by atoms with Crippen molar-refractivity contribution >= 4 is 38.2 Å². The van der Waals surface area contributed by atoms with E-state index in [-0.39, 0.29) is 18.1 Å². The summed E-state index contributed by atoms with van der Waals surface area (Å²) >= 11 is 1.30. The van der Waals surface area contributed by atoms with Crippen molar-refractivity contribution in [3.05, 3.63) is 88.3 Å². The van der Waals surface area contributed by atoms with Crippen LogP contribution >= 0.6 is 11.3 Å². The van der Waals surface area contributed by atoms with Crippen LogP contribution in [-0.4, -0.2) is 31.6 Å².